The number of carbonyl (C=O) groups excluding carboxylic acids is 1. The number of halogens is 1. The first-order valence-electron chi connectivity index (χ1n) is 3.74. The van der Waals surface area contributed by atoms with Crippen molar-refractivity contribution in [3.8, 4) is 0 Å². The van der Waals surface area contributed by atoms with Crippen molar-refractivity contribution >= 4 is 23.5 Å². The van der Waals surface area contributed by atoms with E-state index >= 15 is 0 Å². The van der Waals surface area contributed by atoms with Crippen LogP contribution in [0.4, 0.5) is 0 Å². The highest BCUT2D eigenvalue weighted by Gasteiger charge is 2.12. The van der Waals surface area contributed by atoms with Gasteiger partial charge in [0.05, 0.1) is 7.11 Å². The number of allylic oxidation sites excluding steroid dienone is 1. The van der Waals surface area contributed by atoms with Gasteiger partial charge >= 0.3 is 11.9 Å². The molecule has 4 nitrogen and oxygen atoms in total. The van der Waals surface area contributed by atoms with Gasteiger partial charge in [0.15, 0.2) is 0 Å². The van der Waals surface area contributed by atoms with Crippen molar-refractivity contribution in [2.75, 3.05) is 7.11 Å². The molecule has 0 aliphatic carbocycles. The number of hydrogen-bond acceptors (Lipinski definition) is 3. The highest BCUT2D eigenvalue weighted by Crippen LogP contribution is 2.17. The molecule has 0 aromatic rings. The minimum Gasteiger partial charge on any atom is -0.477 e. The Morgan fingerprint density at radius 2 is 2.00 bits per heavy atom. The van der Waals surface area contributed by atoms with E-state index in [4.69, 9.17) is 16.7 Å². The first-order valence-corrected chi connectivity index (χ1v) is 4.12. The van der Waals surface area contributed by atoms with Gasteiger partial charge in [0, 0.05) is 12.0 Å². The van der Waals surface area contributed by atoms with Crippen LogP contribution in [0.3, 0.4) is 0 Å². The number of esters is 1. The number of methoxy groups -OCH3 is 1. The van der Waals surface area contributed by atoms with Crippen LogP contribution in [-0.2, 0) is 14.3 Å². The molecule has 0 aliphatic heterocycles. The zero-order valence-corrected chi connectivity index (χ0v) is 8.72. The van der Waals surface area contributed by atoms with Gasteiger partial charge in [-0.25, -0.2) is 9.59 Å². The Bertz CT molecular complexity index is 304. The molecule has 0 amide bonds. The molecule has 14 heavy (non-hydrogen) atoms. The lowest BCUT2D eigenvalue weighted by atomic mass is 10.1. The average molecular weight is 219 g/mol. The Kier molecular flexibility index (Phi) is 4.94. The third kappa shape index (κ3) is 3.62. The van der Waals surface area contributed by atoms with Crippen LogP contribution in [0.25, 0.3) is 0 Å². The lowest BCUT2D eigenvalue weighted by molar-refractivity contribution is -0.136. The van der Waals surface area contributed by atoms with Gasteiger partial charge in [-0.15, -0.1) is 0 Å². The number of ether oxygens (including phenoxy) is 1. The number of hydrogen-bond donors (Lipinski definition) is 1. The summed E-state index contributed by atoms with van der Waals surface area (Å²) in [5.74, 6) is -1.79. The van der Waals surface area contributed by atoms with Crippen LogP contribution in [0.15, 0.2) is 22.8 Å². The predicted molar refractivity (Wildman–Crippen MR) is 52.0 cm³/mol. The summed E-state index contributed by atoms with van der Waals surface area (Å²) in [6.07, 6.45) is 0.0950. The number of aliphatic carboxylic acids is 1. The van der Waals surface area contributed by atoms with Crippen LogP contribution < -0.4 is 0 Å². The van der Waals surface area contributed by atoms with Gasteiger partial charge in [-0.1, -0.05) is 18.2 Å². The normalized spacial score (nSPS) is 11.6. The molecule has 0 rings (SSSR count). The van der Waals surface area contributed by atoms with Gasteiger partial charge in [-0.2, -0.15) is 0 Å². The highest BCUT2D eigenvalue weighted by molar-refractivity contribution is 6.41. The SMILES string of the molecule is C=C(CC(C)=C(Cl)C(=O)O)C(=O)OC. The Morgan fingerprint density at radius 1 is 1.50 bits per heavy atom. The fourth-order valence-corrected chi connectivity index (χ4v) is 0.864. The van der Waals surface area contributed by atoms with Crippen LogP contribution >= 0.6 is 11.6 Å². The molecular formula is C9H11ClO4. The zero-order valence-electron chi connectivity index (χ0n) is 7.96. The smallest absolute Gasteiger partial charge is 0.347 e. The Hall–Kier alpha value is -1.29. The Balaban J connectivity index is 4.55. The first-order chi connectivity index (χ1) is 6.40. The van der Waals surface area contributed by atoms with Crippen molar-refractivity contribution in [3.63, 3.8) is 0 Å². The summed E-state index contributed by atoms with van der Waals surface area (Å²) in [7, 11) is 1.23. The third-order valence-corrected chi connectivity index (χ3v) is 2.00. The molecule has 5 heteroatoms. The topological polar surface area (TPSA) is 63.6 Å². The molecule has 0 atom stereocenters. The van der Waals surface area contributed by atoms with E-state index in [9.17, 15) is 9.59 Å². The van der Waals surface area contributed by atoms with Crippen molar-refractivity contribution in [3.05, 3.63) is 22.8 Å². The van der Waals surface area contributed by atoms with E-state index in [2.05, 4.69) is 11.3 Å². The largest absolute Gasteiger partial charge is 0.477 e. The summed E-state index contributed by atoms with van der Waals surface area (Å²) < 4.78 is 4.40. The van der Waals surface area contributed by atoms with Crippen molar-refractivity contribution in [2.24, 2.45) is 0 Å². The molecule has 0 saturated carbocycles. The van der Waals surface area contributed by atoms with Crippen molar-refractivity contribution in [1.29, 1.82) is 0 Å². The molecule has 0 radical (unpaired) electrons. The minimum absolute atomic E-state index is 0.0950. The minimum atomic E-state index is -1.22. The van der Waals surface area contributed by atoms with E-state index in [0.717, 1.165) is 0 Å². The van der Waals surface area contributed by atoms with Crippen LogP contribution in [0.5, 0.6) is 0 Å². The number of rotatable bonds is 4. The van der Waals surface area contributed by atoms with Crippen molar-refractivity contribution in [1.82, 2.24) is 0 Å². The van der Waals surface area contributed by atoms with Crippen LogP contribution in [0.2, 0.25) is 0 Å². The third-order valence-electron chi connectivity index (χ3n) is 1.52. The monoisotopic (exact) mass is 218 g/mol. The summed E-state index contributed by atoms with van der Waals surface area (Å²) in [4.78, 5) is 21.3. The molecule has 0 aliphatic rings. The maximum Gasteiger partial charge on any atom is 0.347 e. The molecule has 0 spiro atoms. The second-order valence-corrected chi connectivity index (χ2v) is 3.05. The van der Waals surface area contributed by atoms with Crippen molar-refractivity contribution < 1.29 is 19.4 Å². The lowest BCUT2D eigenvalue weighted by Crippen LogP contribution is -2.05. The van der Waals surface area contributed by atoms with Crippen LogP contribution in [0.1, 0.15) is 13.3 Å². The van der Waals surface area contributed by atoms with Gasteiger partial charge in [0.25, 0.3) is 0 Å². The molecule has 0 saturated heterocycles. The fourth-order valence-electron chi connectivity index (χ4n) is 0.797. The molecule has 0 bridgehead atoms. The number of carboxylic acids is 1. The molecule has 1 N–H and O–H groups in total. The molecular weight excluding hydrogens is 208 g/mol. The second kappa shape index (κ2) is 5.44. The maximum absolute atomic E-state index is 10.9. The van der Waals surface area contributed by atoms with Crippen molar-refractivity contribution in [2.45, 2.75) is 13.3 Å². The summed E-state index contributed by atoms with van der Waals surface area (Å²) in [5, 5.41) is 8.23. The number of carboxylic acid groups (broad SMARTS) is 1. The predicted octanol–water partition coefficient (Wildman–Crippen LogP) is 1.70. The van der Waals surface area contributed by atoms with Gasteiger partial charge in [-0.3, -0.25) is 0 Å². The lowest BCUT2D eigenvalue weighted by Gasteiger charge is -2.04. The van der Waals surface area contributed by atoms with E-state index in [1.807, 2.05) is 0 Å². The Labute approximate surface area is 86.8 Å². The van der Waals surface area contributed by atoms with E-state index < -0.39 is 11.9 Å². The molecule has 0 heterocycles. The standard InChI is InChI=1S/C9H11ClO4/c1-5(7(10)8(11)12)4-6(2)9(13)14-3/h2,4H2,1,3H3,(H,11,12). The summed E-state index contributed by atoms with van der Waals surface area (Å²) in [5.41, 5.74) is 0.541. The Morgan fingerprint density at radius 3 is 2.36 bits per heavy atom. The molecule has 0 unspecified atom stereocenters. The van der Waals surface area contributed by atoms with Crippen LogP contribution in [-0.4, -0.2) is 24.2 Å². The summed E-state index contributed by atoms with van der Waals surface area (Å²) >= 11 is 5.45. The quantitative estimate of drug-likeness (QED) is 0.576. The summed E-state index contributed by atoms with van der Waals surface area (Å²) in [6, 6.07) is 0. The highest BCUT2D eigenvalue weighted by atomic mass is 35.5. The zero-order chi connectivity index (χ0) is 11.3. The van der Waals surface area contributed by atoms with E-state index in [1.54, 1.807) is 0 Å². The van der Waals surface area contributed by atoms with Gasteiger partial charge < -0.3 is 9.84 Å². The van der Waals surface area contributed by atoms with E-state index in [0.29, 0.717) is 5.57 Å². The number of carbonyl (C=O) groups is 2. The molecule has 0 aromatic carbocycles. The summed E-state index contributed by atoms with van der Waals surface area (Å²) in [6.45, 7) is 4.97. The molecule has 0 aromatic heterocycles. The molecule has 78 valence electrons. The molecule has 0 fully saturated rings. The maximum atomic E-state index is 10.9. The van der Waals surface area contributed by atoms with Gasteiger partial charge in [0.2, 0.25) is 0 Å². The fraction of sp³-hybridized carbons (Fsp3) is 0.333. The van der Waals surface area contributed by atoms with Gasteiger partial charge in [-0.05, 0) is 12.5 Å². The second-order valence-electron chi connectivity index (χ2n) is 2.67. The van der Waals surface area contributed by atoms with E-state index in [-0.39, 0.29) is 17.0 Å². The van der Waals surface area contributed by atoms with Crippen LogP contribution in [0, 0.1) is 0 Å². The van der Waals surface area contributed by atoms with Gasteiger partial charge in [0.1, 0.15) is 5.03 Å². The average Bonchev–Trinajstić information content (AvgIpc) is 2.14. The van der Waals surface area contributed by atoms with E-state index in [1.165, 1.54) is 14.0 Å². The first kappa shape index (κ1) is 12.7.